The van der Waals surface area contributed by atoms with Gasteiger partial charge in [-0.05, 0) is 31.6 Å². The number of hydrogen-bond acceptors (Lipinski definition) is 2. The maximum Gasteiger partial charge on any atom is 0.0662 e. The second-order valence-corrected chi connectivity index (χ2v) is 4.95. The molecule has 1 fully saturated rings. The van der Waals surface area contributed by atoms with Crippen LogP contribution in [0.1, 0.15) is 58.8 Å². The summed E-state index contributed by atoms with van der Waals surface area (Å²) in [6, 6.07) is 0.655. The third-order valence-corrected chi connectivity index (χ3v) is 3.78. The molecule has 15 heavy (non-hydrogen) atoms. The summed E-state index contributed by atoms with van der Waals surface area (Å²) in [5.41, 5.74) is 0. The highest BCUT2D eigenvalue weighted by Crippen LogP contribution is 2.25. The van der Waals surface area contributed by atoms with Crippen molar-refractivity contribution in [2.24, 2.45) is 5.92 Å². The van der Waals surface area contributed by atoms with Gasteiger partial charge in [-0.1, -0.05) is 33.1 Å². The normalized spacial score (nSPS) is 29.8. The van der Waals surface area contributed by atoms with Crippen molar-refractivity contribution in [3.05, 3.63) is 0 Å². The van der Waals surface area contributed by atoms with E-state index in [1.807, 2.05) is 6.92 Å². The van der Waals surface area contributed by atoms with Gasteiger partial charge in [-0.15, -0.1) is 0 Å². The monoisotopic (exact) mass is 213 g/mol. The van der Waals surface area contributed by atoms with Crippen molar-refractivity contribution < 1.29 is 5.11 Å². The topological polar surface area (TPSA) is 32.3 Å². The Balaban J connectivity index is 2.19. The number of hydrogen-bond donors (Lipinski definition) is 2. The van der Waals surface area contributed by atoms with E-state index < -0.39 is 0 Å². The average molecular weight is 213 g/mol. The first-order valence-corrected chi connectivity index (χ1v) is 6.67. The molecule has 0 aromatic heterocycles. The lowest BCUT2D eigenvalue weighted by molar-refractivity contribution is 0.161. The fourth-order valence-electron chi connectivity index (χ4n) is 2.44. The van der Waals surface area contributed by atoms with Gasteiger partial charge in [-0.2, -0.15) is 0 Å². The molecule has 0 aromatic rings. The van der Waals surface area contributed by atoms with E-state index in [1.54, 1.807) is 0 Å². The van der Waals surface area contributed by atoms with Crippen LogP contribution in [0.3, 0.4) is 0 Å². The second kappa shape index (κ2) is 7.24. The van der Waals surface area contributed by atoms with Crippen LogP contribution in [-0.4, -0.2) is 23.8 Å². The zero-order valence-electron chi connectivity index (χ0n) is 10.3. The maximum absolute atomic E-state index is 9.49. The predicted octanol–water partition coefficient (Wildman–Crippen LogP) is 2.71. The zero-order chi connectivity index (χ0) is 11.1. The number of nitrogens with one attached hydrogen (secondary N) is 1. The molecule has 1 saturated carbocycles. The van der Waals surface area contributed by atoms with Crippen molar-refractivity contribution in [3.8, 4) is 0 Å². The molecule has 0 bridgehead atoms. The first kappa shape index (κ1) is 13.0. The first-order chi connectivity index (χ1) is 7.26. The van der Waals surface area contributed by atoms with E-state index >= 15 is 0 Å². The molecule has 0 saturated heterocycles. The molecule has 1 rings (SSSR count). The molecule has 2 heteroatoms. The van der Waals surface area contributed by atoms with Crippen molar-refractivity contribution in [3.63, 3.8) is 0 Å². The Labute approximate surface area is 94.5 Å². The summed E-state index contributed by atoms with van der Waals surface area (Å²) >= 11 is 0. The Bertz CT molecular complexity index is 161. The van der Waals surface area contributed by atoms with E-state index in [0.29, 0.717) is 6.04 Å². The number of aliphatic hydroxyl groups is 1. The van der Waals surface area contributed by atoms with E-state index in [-0.39, 0.29) is 6.10 Å². The minimum Gasteiger partial charge on any atom is -0.392 e. The van der Waals surface area contributed by atoms with Crippen LogP contribution >= 0.6 is 0 Å². The first-order valence-electron chi connectivity index (χ1n) is 6.67. The molecule has 0 aliphatic heterocycles. The number of rotatable bonds is 5. The fourth-order valence-corrected chi connectivity index (χ4v) is 2.44. The van der Waals surface area contributed by atoms with Crippen LogP contribution in [0.25, 0.3) is 0 Å². The van der Waals surface area contributed by atoms with Crippen molar-refractivity contribution in [2.45, 2.75) is 70.9 Å². The highest BCUT2D eigenvalue weighted by Gasteiger charge is 2.17. The van der Waals surface area contributed by atoms with Crippen molar-refractivity contribution in [1.82, 2.24) is 5.32 Å². The maximum atomic E-state index is 9.49. The molecule has 1 aliphatic rings. The molecule has 3 unspecified atom stereocenters. The van der Waals surface area contributed by atoms with Gasteiger partial charge in [0, 0.05) is 12.6 Å². The lowest BCUT2D eigenvalue weighted by atomic mass is 9.98. The number of aliphatic hydroxyl groups excluding tert-OH is 1. The van der Waals surface area contributed by atoms with Crippen LogP contribution in [0.15, 0.2) is 0 Å². The molecular formula is C13H27NO. The van der Waals surface area contributed by atoms with E-state index in [0.717, 1.165) is 18.9 Å². The minimum absolute atomic E-state index is 0.157. The quantitative estimate of drug-likeness (QED) is 0.688. The summed E-state index contributed by atoms with van der Waals surface area (Å²) in [6.45, 7) is 5.11. The van der Waals surface area contributed by atoms with Gasteiger partial charge in [-0.3, -0.25) is 0 Å². The lowest BCUT2D eigenvalue weighted by Crippen LogP contribution is -2.35. The van der Waals surface area contributed by atoms with Gasteiger partial charge in [0.15, 0.2) is 0 Å². The minimum atomic E-state index is -0.157. The van der Waals surface area contributed by atoms with Crippen LogP contribution in [0.2, 0.25) is 0 Å². The van der Waals surface area contributed by atoms with Crippen LogP contribution < -0.4 is 5.32 Å². The summed E-state index contributed by atoms with van der Waals surface area (Å²) in [5, 5.41) is 13.0. The smallest absolute Gasteiger partial charge is 0.0662 e. The van der Waals surface area contributed by atoms with Crippen LogP contribution in [0.5, 0.6) is 0 Å². The molecule has 0 radical (unpaired) electrons. The third kappa shape index (κ3) is 4.98. The van der Waals surface area contributed by atoms with E-state index in [2.05, 4.69) is 12.2 Å². The van der Waals surface area contributed by atoms with Crippen molar-refractivity contribution in [1.29, 1.82) is 0 Å². The van der Waals surface area contributed by atoms with E-state index in [9.17, 15) is 5.11 Å². The lowest BCUT2D eigenvalue weighted by Gasteiger charge is -2.18. The summed E-state index contributed by atoms with van der Waals surface area (Å²) < 4.78 is 0. The largest absolute Gasteiger partial charge is 0.392 e. The Morgan fingerprint density at radius 1 is 1.20 bits per heavy atom. The van der Waals surface area contributed by atoms with Gasteiger partial charge in [0.1, 0.15) is 0 Å². The van der Waals surface area contributed by atoms with Gasteiger partial charge in [0.25, 0.3) is 0 Å². The van der Waals surface area contributed by atoms with Crippen molar-refractivity contribution in [2.75, 3.05) is 6.54 Å². The Hall–Kier alpha value is -0.0800. The van der Waals surface area contributed by atoms with Crippen LogP contribution in [0.4, 0.5) is 0 Å². The summed E-state index contributed by atoms with van der Waals surface area (Å²) in [6.07, 6.45) is 8.78. The van der Waals surface area contributed by atoms with Gasteiger partial charge >= 0.3 is 0 Å². The molecule has 2 nitrogen and oxygen atoms in total. The highest BCUT2D eigenvalue weighted by molar-refractivity contribution is 4.75. The van der Waals surface area contributed by atoms with E-state index in [4.69, 9.17) is 0 Å². The van der Waals surface area contributed by atoms with Crippen molar-refractivity contribution >= 4 is 0 Å². The molecule has 2 N–H and O–H groups in total. The standard InChI is InChI=1S/C13H27NO/c1-3-11-6-5-7-12(9-8-11)14-10-13(15)4-2/h11-15H,3-10H2,1-2H3. The van der Waals surface area contributed by atoms with Crippen LogP contribution in [0, 0.1) is 5.92 Å². The molecule has 0 amide bonds. The predicted molar refractivity (Wildman–Crippen MR) is 65.0 cm³/mol. The molecule has 1 aliphatic carbocycles. The summed E-state index contributed by atoms with van der Waals surface area (Å²) in [5.74, 6) is 0.952. The second-order valence-electron chi connectivity index (χ2n) is 4.95. The highest BCUT2D eigenvalue weighted by atomic mass is 16.3. The molecule has 0 heterocycles. The van der Waals surface area contributed by atoms with Gasteiger partial charge in [0.2, 0.25) is 0 Å². The zero-order valence-corrected chi connectivity index (χ0v) is 10.3. The summed E-state index contributed by atoms with van der Waals surface area (Å²) in [4.78, 5) is 0. The molecule has 90 valence electrons. The molecular weight excluding hydrogens is 186 g/mol. The SMILES string of the molecule is CCC(O)CNC1CCCC(CC)CC1. The van der Waals surface area contributed by atoms with Gasteiger partial charge in [0.05, 0.1) is 6.10 Å². The Kier molecular flexibility index (Phi) is 6.26. The third-order valence-electron chi connectivity index (χ3n) is 3.78. The molecule has 0 aromatic carbocycles. The van der Waals surface area contributed by atoms with Gasteiger partial charge < -0.3 is 10.4 Å². The molecule has 3 atom stereocenters. The fraction of sp³-hybridized carbons (Fsp3) is 1.00. The Morgan fingerprint density at radius 2 is 2.00 bits per heavy atom. The van der Waals surface area contributed by atoms with Crippen LogP contribution in [-0.2, 0) is 0 Å². The Morgan fingerprint density at radius 3 is 2.67 bits per heavy atom. The summed E-state index contributed by atoms with van der Waals surface area (Å²) in [7, 11) is 0. The van der Waals surface area contributed by atoms with E-state index in [1.165, 1.54) is 38.5 Å². The van der Waals surface area contributed by atoms with Gasteiger partial charge in [-0.25, -0.2) is 0 Å². The molecule has 0 spiro atoms. The average Bonchev–Trinajstić information content (AvgIpc) is 2.50.